The molecule has 1 unspecified atom stereocenters. The Balaban J connectivity index is 1.26. The lowest BCUT2D eigenvalue weighted by molar-refractivity contribution is -0.130. The van der Waals surface area contributed by atoms with Crippen molar-refractivity contribution in [3.8, 4) is 5.75 Å². The van der Waals surface area contributed by atoms with Gasteiger partial charge in [0.1, 0.15) is 22.7 Å². The Morgan fingerprint density at radius 1 is 0.952 bits per heavy atom. The van der Waals surface area contributed by atoms with Gasteiger partial charge in [-0.25, -0.2) is 10.0 Å². The lowest BCUT2D eigenvalue weighted by Crippen LogP contribution is -2.44. The molecule has 2 heterocycles. The van der Waals surface area contributed by atoms with E-state index in [1.807, 2.05) is 60.7 Å². The molecule has 0 saturated carbocycles. The summed E-state index contributed by atoms with van der Waals surface area (Å²) in [5.74, 6) is -0.388. The minimum absolute atomic E-state index is 0.0286. The van der Waals surface area contributed by atoms with Gasteiger partial charge in [-0.2, -0.15) is 0 Å². The number of halogens is 1. The summed E-state index contributed by atoms with van der Waals surface area (Å²) >= 11 is 4.70. The maximum absolute atomic E-state index is 13.6. The average Bonchev–Trinajstić information content (AvgIpc) is 3.54. The second kappa shape index (κ2) is 11.7. The number of carbonyl (C=O) groups excluding carboxylic acids is 3. The van der Waals surface area contributed by atoms with E-state index >= 15 is 0 Å². The smallest absolute Gasteiger partial charge is 0.282 e. The fourth-order valence-electron chi connectivity index (χ4n) is 4.68. The molecule has 1 fully saturated rings. The SMILES string of the molecule is O=C(NN1C(=O)CSC1c1cc(Br)ccc1O)c1ccc(N2C(=O)/C(=C/c3ccccc3)N=C2c2ccccc2)cc1. The zero-order valence-corrected chi connectivity index (χ0v) is 24.4. The molecular weight excluding hydrogens is 616 g/mol. The van der Waals surface area contributed by atoms with Crippen LogP contribution in [0.4, 0.5) is 5.69 Å². The van der Waals surface area contributed by atoms with E-state index in [0.717, 1.165) is 15.6 Å². The quantitative estimate of drug-likeness (QED) is 0.256. The predicted octanol–water partition coefficient (Wildman–Crippen LogP) is 5.91. The molecule has 0 bridgehead atoms. The number of carbonyl (C=O) groups is 3. The van der Waals surface area contributed by atoms with E-state index in [1.165, 1.54) is 27.7 Å². The third-order valence-corrected chi connectivity index (χ3v) is 8.42. The van der Waals surface area contributed by atoms with E-state index in [4.69, 9.17) is 0 Å². The van der Waals surface area contributed by atoms with Crippen LogP contribution in [0.25, 0.3) is 6.08 Å². The van der Waals surface area contributed by atoms with E-state index < -0.39 is 11.3 Å². The molecular formula is C32H23BrN4O4S. The van der Waals surface area contributed by atoms with Crippen LogP contribution in [0.3, 0.4) is 0 Å². The summed E-state index contributed by atoms with van der Waals surface area (Å²) in [6.45, 7) is 0. The Hall–Kier alpha value is -4.67. The van der Waals surface area contributed by atoms with Crippen LogP contribution >= 0.6 is 27.7 Å². The monoisotopic (exact) mass is 638 g/mol. The number of hydrogen-bond acceptors (Lipinski definition) is 6. The van der Waals surface area contributed by atoms with Crippen molar-refractivity contribution >= 4 is 63.0 Å². The summed E-state index contributed by atoms with van der Waals surface area (Å²) in [5, 5.41) is 11.0. The van der Waals surface area contributed by atoms with Crippen LogP contribution in [0.2, 0.25) is 0 Å². The number of nitrogens with one attached hydrogen (secondary N) is 1. The molecule has 4 aromatic carbocycles. The van der Waals surface area contributed by atoms with E-state index in [1.54, 1.807) is 42.5 Å². The Morgan fingerprint density at radius 3 is 2.36 bits per heavy atom. The number of thioether (sulfide) groups is 1. The number of aliphatic imine (C=N–C) groups is 1. The first-order valence-corrected chi connectivity index (χ1v) is 14.8. The zero-order chi connectivity index (χ0) is 29.2. The number of amides is 3. The van der Waals surface area contributed by atoms with Crippen molar-refractivity contribution < 1.29 is 19.5 Å². The van der Waals surface area contributed by atoms with Crippen molar-refractivity contribution in [2.75, 3.05) is 10.7 Å². The summed E-state index contributed by atoms with van der Waals surface area (Å²) in [7, 11) is 0. The van der Waals surface area contributed by atoms with Crippen molar-refractivity contribution in [3.63, 3.8) is 0 Å². The molecule has 10 heteroatoms. The van der Waals surface area contributed by atoms with Crippen molar-refractivity contribution in [1.82, 2.24) is 10.4 Å². The van der Waals surface area contributed by atoms with Gasteiger partial charge in [-0.3, -0.25) is 24.7 Å². The maximum atomic E-state index is 13.6. The highest BCUT2D eigenvalue weighted by atomic mass is 79.9. The summed E-state index contributed by atoms with van der Waals surface area (Å²) < 4.78 is 0.744. The number of nitrogens with zero attached hydrogens (tertiary/aromatic N) is 3. The standard InChI is InChI=1S/C32H23BrN4O4S/c33-23-13-16-27(38)25(18-23)32-37(28(39)19-42-32)35-30(40)22-11-14-24(15-12-22)36-29(21-9-5-2-6-10-21)34-26(31(36)41)17-20-7-3-1-4-8-20/h1-18,32,38H,19H2,(H,35,40)/b26-17-. The first kappa shape index (κ1) is 27.5. The lowest BCUT2D eigenvalue weighted by Gasteiger charge is -2.25. The molecule has 0 aliphatic carbocycles. The van der Waals surface area contributed by atoms with Crippen molar-refractivity contribution in [3.05, 3.63) is 136 Å². The zero-order valence-electron chi connectivity index (χ0n) is 22.0. The topological polar surface area (TPSA) is 102 Å². The first-order chi connectivity index (χ1) is 20.4. The number of aromatic hydroxyl groups is 1. The van der Waals surface area contributed by atoms with Crippen LogP contribution < -0.4 is 10.3 Å². The van der Waals surface area contributed by atoms with E-state index in [-0.39, 0.29) is 23.3 Å². The number of rotatable bonds is 6. The largest absolute Gasteiger partial charge is 0.508 e. The number of phenols is 1. The van der Waals surface area contributed by atoms with Crippen LogP contribution in [-0.4, -0.2) is 39.4 Å². The van der Waals surface area contributed by atoms with E-state index in [0.29, 0.717) is 28.3 Å². The van der Waals surface area contributed by atoms with E-state index in [9.17, 15) is 19.5 Å². The molecule has 2 N–H and O–H groups in total. The predicted molar refractivity (Wildman–Crippen MR) is 167 cm³/mol. The molecule has 1 saturated heterocycles. The Bertz CT molecular complexity index is 1740. The maximum Gasteiger partial charge on any atom is 0.282 e. The molecule has 4 aromatic rings. The number of benzene rings is 4. The molecule has 8 nitrogen and oxygen atoms in total. The van der Waals surface area contributed by atoms with Crippen LogP contribution in [0.5, 0.6) is 5.75 Å². The van der Waals surface area contributed by atoms with Gasteiger partial charge in [0, 0.05) is 21.2 Å². The molecule has 0 spiro atoms. The van der Waals surface area contributed by atoms with Crippen LogP contribution in [0.1, 0.15) is 32.4 Å². The Morgan fingerprint density at radius 2 is 1.64 bits per heavy atom. The van der Waals surface area contributed by atoms with Gasteiger partial charge in [-0.15, -0.1) is 11.8 Å². The second-order valence-electron chi connectivity index (χ2n) is 9.50. The van der Waals surface area contributed by atoms with Crippen molar-refractivity contribution in [1.29, 1.82) is 0 Å². The van der Waals surface area contributed by atoms with Gasteiger partial charge in [0.25, 0.3) is 17.7 Å². The molecule has 6 rings (SSSR count). The minimum Gasteiger partial charge on any atom is -0.508 e. The highest BCUT2D eigenvalue weighted by Crippen LogP contribution is 2.42. The summed E-state index contributed by atoms with van der Waals surface area (Å²) in [6.07, 6.45) is 1.75. The van der Waals surface area contributed by atoms with Gasteiger partial charge in [0.15, 0.2) is 0 Å². The van der Waals surface area contributed by atoms with Gasteiger partial charge >= 0.3 is 0 Å². The van der Waals surface area contributed by atoms with Gasteiger partial charge in [0.2, 0.25) is 0 Å². The Labute approximate surface area is 254 Å². The fraction of sp³-hybridized carbons (Fsp3) is 0.0625. The highest BCUT2D eigenvalue weighted by molar-refractivity contribution is 9.10. The van der Waals surface area contributed by atoms with E-state index in [2.05, 4.69) is 26.3 Å². The van der Waals surface area contributed by atoms with Gasteiger partial charge in [-0.05, 0) is 54.1 Å². The fourth-order valence-corrected chi connectivity index (χ4v) is 6.18. The third kappa shape index (κ3) is 5.46. The summed E-state index contributed by atoms with van der Waals surface area (Å²) in [6, 6.07) is 30.4. The number of hydrogen-bond donors (Lipinski definition) is 2. The van der Waals surface area contributed by atoms with Crippen LogP contribution in [0, 0.1) is 0 Å². The molecule has 1 atom stereocenters. The summed E-state index contributed by atoms with van der Waals surface area (Å²) in [5.41, 5.74) is 5.97. The van der Waals surface area contributed by atoms with Crippen LogP contribution in [-0.2, 0) is 9.59 Å². The minimum atomic E-state index is -0.583. The van der Waals surface area contributed by atoms with Gasteiger partial charge in [0.05, 0.1) is 11.4 Å². The Kier molecular flexibility index (Phi) is 7.64. The van der Waals surface area contributed by atoms with Gasteiger partial charge < -0.3 is 5.11 Å². The molecule has 2 aliphatic rings. The van der Waals surface area contributed by atoms with Crippen molar-refractivity contribution in [2.24, 2.45) is 4.99 Å². The molecule has 0 radical (unpaired) electrons. The number of amidine groups is 1. The lowest BCUT2D eigenvalue weighted by atomic mass is 10.1. The van der Waals surface area contributed by atoms with Crippen LogP contribution in [0.15, 0.2) is 118 Å². The number of anilines is 1. The highest BCUT2D eigenvalue weighted by Gasteiger charge is 2.36. The molecule has 208 valence electrons. The molecule has 3 amide bonds. The van der Waals surface area contributed by atoms with Gasteiger partial charge in [-0.1, -0.05) is 76.6 Å². The normalized spacial score (nSPS) is 17.6. The average molecular weight is 640 g/mol. The number of phenolic OH excluding ortho intramolecular Hbond substituents is 1. The second-order valence-corrected chi connectivity index (χ2v) is 11.5. The molecule has 2 aliphatic heterocycles. The third-order valence-electron chi connectivity index (χ3n) is 6.73. The number of hydrazine groups is 1. The molecule has 42 heavy (non-hydrogen) atoms. The first-order valence-electron chi connectivity index (χ1n) is 13.0. The summed E-state index contributed by atoms with van der Waals surface area (Å²) in [4.78, 5) is 45.7. The molecule has 0 aromatic heterocycles. The van der Waals surface area contributed by atoms with Crippen molar-refractivity contribution in [2.45, 2.75) is 5.37 Å².